The summed E-state index contributed by atoms with van der Waals surface area (Å²) in [5.41, 5.74) is 44.1. The number of guanidine groups is 2. The van der Waals surface area contributed by atoms with Crippen LogP contribution >= 0.6 is 0 Å². The molecule has 1 aliphatic rings. The topological polar surface area (TPSA) is 779 Å². The average molecular weight is 1600 g/mol. The highest BCUT2D eigenvalue weighted by atomic mass is 16.4. The maximum atomic E-state index is 14.3. The van der Waals surface area contributed by atoms with Crippen molar-refractivity contribution in [1.29, 1.82) is 0 Å². The van der Waals surface area contributed by atoms with Crippen LogP contribution in [0.1, 0.15) is 144 Å². The van der Waals surface area contributed by atoms with E-state index in [1.54, 1.807) is 7.05 Å². The van der Waals surface area contributed by atoms with Crippen LogP contribution in [0.25, 0.3) is 0 Å². The summed E-state index contributed by atoms with van der Waals surface area (Å²) in [7, 11) is 1.65. The van der Waals surface area contributed by atoms with Gasteiger partial charge in [-0.3, -0.25) is 81.9 Å². The summed E-state index contributed by atoms with van der Waals surface area (Å²) in [4.78, 5) is 223. The maximum absolute atomic E-state index is 14.3. The largest absolute Gasteiger partial charge is 0.480 e. The van der Waals surface area contributed by atoms with Gasteiger partial charge in [-0.15, -0.1) is 0 Å². The Balaban J connectivity index is 3.27. The molecule has 1 heterocycles. The summed E-state index contributed by atoms with van der Waals surface area (Å²) in [6, 6.07) is -19.6. The van der Waals surface area contributed by atoms with E-state index in [1.807, 2.05) is 0 Å². The molecule has 46 heteroatoms. The van der Waals surface area contributed by atoms with Crippen LogP contribution in [0, 0.1) is 0 Å². The van der Waals surface area contributed by atoms with Crippen molar-refractivity contribution in [2.45, 2.75) is 241 Å². The van der Waals surface area contributed by atoms with Crippen LogP contribution in [0.15, 0.2) is 9.98 Å². The molecule has 0 aromatic rings. The van der Waals surface area contributed by atoms with Gasteiger partial charge >= 0.3 is 5.97 Å². The summed E-state index contributed by atoms with van der Waals surface area (Å²) in [5, 5.41) is 85.2. The maximum Gasteiger partial charge on any atom is 0.326 e. The number of rotatable bonds is 56. The fourth-order valence-corrected chi connectivity index (χ4v) is 11.0. The molecule has 0 unspecified atom stereocenters. The molecule has 15 amide bonds. The van der Waals surface area contributed by atoms with E-state index >= 15 is 0 Å². The molecule has 636 valence electrons. The van der Waals surface area contributed by atoms with Crippen LogP contribution in [-0.4, -0.2) is 300 Å². The number of amides is 15. The quantitative estimate of drug-likeness (QED) is 0.0153. The number of nitrogens with two attached hydrogens (primary N) is 8. The Kier molecular flexibility index (Phi) is 47.7. The lowest BCUT2D eigenvalue weighted by Gasteiger charge is -2.29. The number of aliphatic hydroxyl groups is 4. The first-order chi connectivity index (χ1) is 52.7. The van der Waals surface area contributed by atoms with Gasteiger partial charge in [0.05, 0.1) is 38.0 Å². The minimum absolute atomic E-state index is 0.00963. The number of aliphatic imine (C=N–C) groups is 2. The molecular formula is C66H121N25O21. The zero-order valence-electron chi connectivity index (χ0n) is 64.4. The average Bonchev–Trinajstić information content (AvgIpc) is 1.59. The predicted octanol–water partition coefficient (Wildman–Crippen LogP) is -12.9. The Morgan fingerprint density at radius 2 is 0.866 bits per heavy atom. The van der Waals surface area contributed by atoms with Crippen molar-refractivity contribution in [2.24, 2.45) is 55.9 Å². The van der Waals surface area contributed by atoms with Gasteiger partial charge in [-0.1, -0.05) is 0 Å². The number of carboxylic acid groups (broad SMARTS) is 1. The number of nitrogens with zero attached hydrogens (tertiary/aromatic N) is 3. The second-order valence-electron chi connectivity index (χ2n) is 26.9. The van der Waals surface area contributed by atoms with Crippen LogP contribution in [0.5, 0.6) is 0 Å². The third kappa shape index (κ3) is 38.6. The first-order valence-electron chi connectivity index (χ1n) is 37.0. The number of carbonyl (C=O) groups is 16. The predicted molar refractivity (Wildman–Crippen MR) is 403 cm³/mol. The molecule has 0 saturated carbocycles. The summed E-state index contributed by atoms with van der Waals surface area (Å²) in [5.74, 6) is -16.5. The molecule has 0 aromatic carbocycles. The number of nitrogens with one attached hydrogen (secondary N) is 14. The van der Waals surface area contributed by atoms with Crippen molar-refractivity contribution in [1.82, 2.24) is 79.3 Å². The Bertz CT molecular complexity index is 3180. The first kappa shape index (κ1) is 99.7. The van der Waals surface area contributed by atoms with Crippen LogP contribution < -0.4 is 120 Å². The molecule has 0 spiro atoms. The Hall–Kier alpha value is -10.3. The molecule has 0 bridgehead atoms. The van der Waals surface area contributed by atoms with Crippen molar-refractivity contribution >= 4 is 106 Å². The Morgan fingerprint density at radius 1 is 0.446 bits per heavy atom. The lowest BCUT2D eigenvalue weighted by molar-refractivity contribution is -0.145. The standard InChI is InChI=1S/C66H121N25O21/c1-33(80-62(109)51(37(5)95)90-57(104)42(22-23-46(69)96)85-54(101)40(17-8-11-25-68)86-60(107)49(70)35(3)93)52(99)83-41(19-13-27-76-65(71)72)55(102)84-39(18-9-12-26-75-6)56(103)88-44(32-92)58(105)89-50(36(4)94)61(108)79-30-47(97)78-31-48(98)82-38(16-7-10-24-67)53(100)81-34(2)63(110)91-29-15-21-45(91)59(106)87-43(64(111)112)20-14-28-77-66(73)74/h33-45,49-51,75,92-95H,7-32,67-68,70H2,1-6H3,(H2,69,96)(H,78,97)(H,79,108)(H,80,109)(H,81,100)(H,82,98)(H,83,99)(H,84,102)(H,85,101)(H,86,107)(H,87,106)(H,88,103)(H,89,105)(H,90,104)(H,111,112)(H4,71,72,76)(H4,73,74,77)/t33-,34-,35+,36+,37+,38-,39-,40-,41-,42-,43-,44-,45-,49-,50-,51-/m0/s1. The van der Waals surface area contributed by atoms with E-state index in [4.69, 9.17) is 45.9 Å². The summed E-state index contributed by atoms with van der Waals surface area (Å²) in [6.07, 6.45) is -3.10. The molecular weight excluding hydrogens is 1480 g/mol. The van der Waals surface area contributed by atoms with Crippen molar-refractivity contribution in [3.8, 4) is 0 Å². The van der Waals surface area contributed by atoms with Gasteiger partial charge in [0.15, 0.2) is 11.9 Å². The van der Waals surface area contributed by atoms with Gasteiger partial charge in [-0.2, -0.15) is 0 Å². The van der Waals surface area contributed by atoms with Gasteiger partial charge in [0.1, 0.15) is 78.5 Å². The summed E-state index contributed by atoms with van der Waals surface area (Å²) >= 11 is 0. The molecule has 1 fully saturated rings. The highest BCUT2D eigenvalue weighted by molar-refractivity contribution is 6.00. The number of hydrogen-bond acceptors (Lipinski definition) is 26. The number of aliphatic carboxylic acids is 1. The molecule has 0 radical (unpaired) electrons. The van der Waals surface area contributed by atoms with E-state index in [9.17, 15) is 102 Å². The van der Waals surface area contributed by atoms with Crippen LogP contribution in [0.2, 0.25) is 0 Å². The van der Waals surface area contributed by atoms with Gasteiger partial charge in [0.2, 0.25) is 88.6 Å². The zero-order chi connectivity index (χ0) is 84.9. The minimum atomic E-state index is -1.89. The van der Waals surface area contributed by atoms with E-state index in [2.05, 4.69) is 84.4 Å². The molecule has 0 aromatic heterocycles. The van der Waals surface area contributed by atoms with E-state index in [0.717, 1.165) is 13.8 Å². The number of carbonyl (C=O) groups excluding carboxylic acids is 15. The molecule has 46 nitrogen and oxygen atoms in total. The van der Waals surface area contributed by atoms with E-state index in [-0.39, 0.29) is 102 Å². The molecule has 0 aliphatic carbocycles. The Labute approximate surface area is 648 Å². The van der Waals surface area contributed by atoms with E-state index in [1.165, 1.54) is 25.7 Å². The number of unbranched alkanes of at least 4 members (excludes halogenated alkanes) is 3. The van der Waals surface area contributed by atoms with Crippen molar-refractivity contribution < 1.29 is 102 Å². The van der Waals surface area contributed by atoms with Crippen molar-refractivity contribution in [3.63, 3.8) is 0 Å². The van der Waals surface area contributed by atoms with Gasteiger partial charge in [-0.05, 0) is 164 Å². The second-order valence-corrected chi connectivity index (χ2v) is 26.9. The molecule has 1 aliphatic heterocycles. The lowest BCUT2D eigenvalue weighted by Crippen LogP contribution is -2.62. The second kappa shape index (κ2) is 53.6. The highest BCUT2D eigenvalue weighted by Crippen LogP contribution is 2.20. The Morgan fingerprint density at radius 3 is 1.34 bits per heavy atom. The third-order valence-corrected chi connectivity index (χ3v) is 17.4. The van der Waals surface area contributed by atoms with Gasteiger partial charge < -0.3 is 151 Å². The van der Waals surface area contributed by atoms with Gasteiger partial charge in [0, 0.05) is 26.1 Å². The molecule has 112 heavy (non-hydrogen) atoms. The summed E-state index contributed by atoms with van der Waals surface area (Å²) in [6.45, 7) is 4.21. The number of primary amides is 1. The highest BCUT2D eigenvalue weighted by Gasteiger charge is 2.40. The first-order valence-corrected chi connectivity index (χ1v) is 37.0. The van der Waals surface area contributed by atoms with E-state index in [0.29, 0.717) is 45.1 Å². The smallest absolute Gasteiger partial charge is 0.326 e. The van der Waals surface area contributed by atoms with Crippen LogP contribution in [0.3, 0.4) is 0 Å². The zero-order valence-corrected chi connectivity index (χ0v) is 64.4. The fourth-order valence-electron chi connectivity index (χ4n) is 11.0. The normalized spacial score (nSPS) is 16.4. The van der Waals surface area contributed by atoms with Gasteiger partial charge in [0.25, 0.3) is 0 Å². The SMILES string of the molecule is CNCCCC[C@H](NC(=O)[C@H](CCCN=C(N)N)NC(=O)[C@H](C)NC(=O)[C@@H](NC(=O)[C@H](CCC(N)=O)NC(=O)[C@H](CCCCN)NC(=O)[C@@H](N)[C@@H](C)O)[C@@H](C)O)C(=O)N[C@@H](CO)C(=O)N[C@H](C(=O)NCC(=O)NCC(=O)N[C@@H](CCCCN)C(=O)N[C@@H](C)C(=O)N1CCC[C@H]1C(=O)N[C@@H](CCCN=C(N)N)C(=O)O)[C@@H](C)O. The molecule has 35 N–H and O–H groups in total. The van der Waals surface area contributed by atoms with Gasteiger partial charge in [-0.25, -0.2) is 4.79 Å². The lowest BCUT2D eigenvalue weighted by atomic mass is 10.0. The number of carboxylic acids is 1. The minimum Gasteiger partial charge on any atom is -0.480 e. The van der Waals surface area contributed by atoms with Crippen molar-refractivity contribution in [3.05, 3.63) is 0 Å². The summed E-state index contributed by atoms with van der Waals surface area (Å²) < 4.78 is 0. The van der Waals surface area contributed by atoms with Crippen LogP contribution in [0.4, 0.5) is 0 Å². The molecule has 1 rings (SSSR count). The van der Waals surface area contributed by atoms with Crippen molar-refractivity contribution in [2.75, 3.05) is 66.0 Å². The number of aliphatic hydroxyl groups excluding tert-OH is 4. The molecule has 1 saturated heterocycles. The van der Waals surface area contributed by atoms with Crippen LogP contribution in [-0.2, 0) is 76.7 Å². The fraction of sp³-hybridized carbons (Fsp3) is 0.727. The monoisotopic (exact) mass is 1600 g/mol. The third-order valence-electron chi connectivity index (χ3n) is 17.4. The number of hydrogen-bond donors (Lipinski definition) is 27. The van der Waals surface area contributed by atoms with E-state index < -0.39 is 224 Å². The molecule has 16 atom stereocenters. The number of likely N-dealkylation sites (tertiary alicyclic amines) is 1.